The van der Waals surface area contributed by atoms with Crippen molar-refractivity contribution in [3.05, 3.63) is 28.6 Å². The maximum Gasteiger partial charge on any atom is 0.0738 e. The Bertz CT molecular complexity index is 470. The Hall–Kier alpha value is -0.930. The average Bonchev–Trinajstić information content (AvgIpc) is 2.90. The Labute approximate surface area is 115 Å². The van der Waals surface area contributed by atoms with Gasteiger partial charge in [0.05, 0.1) is 18.9 Å². The number of hydrogen-bond donors (Lipinski definition) is 1. The Morgan fingerprint density at radius 1 is 1.37 bits per heavy atom. The first-order valence-electron chi connectivity index (χ1n) is 7.40. The summed E-state index contributed by atoms with van der Waals surface area (Å²) >= 11 is 0. The summed E-state index contributed by atoms with van der Waals surface area (Å²) < 4.78 is 5.65. The molecule has 19 heavy (non-hydrogen) atoms. The van der Waals surface area contributed by atoms with Crippen LogP contribution in [0.5, 0.6) is 0 Å². The van der Waals surface area contributed by atoms with E-state index >= 15 is 0 Å². The van der Waals surface area contributed by atoms with E-state index in [1.165, 1.54) is 35.4 Å². The molecule has 1 N–H and O–H groups in total. The third-order valence-corrected chi connectivity index (χ3v) is 4.17. The van der Waals surface area contributed by atoms with E-state index in [-0.39, 0.29) is 5.41 Å². The van der Waals surface area contributed by atoms with Crippen molar-refractivity contribution in [3.8, 4) is 0 Å². The van der Waals surface area contributed by atoms with Gasteiger partial charge in [-0.25, -0.2) is 0 Å². The van der Waals surface area contributed by atoms with Crippen molar-refractivity contribution in [3.63, 3.8) is 0 Å². The molecule has 1 fully saturated rings. The summed E-state index contributed by atoms with van der Waals surface area (Å²) in [6, 6.07) is 2.73. The fourth-order valence-corrected chi connectivity index (χ4v) is 2.98. The fraction of sp³-hybridized carbons (Fsp3) is 0.688. The minimum Gasteiger partial charge on any atom is -0.376 e. The van der Waals surface area contributed by atoms with E-state index in [2.05, 4.69) is 32.2 Å². The summed E-state index contributed by atoms with van der Waals surface area (Å²) in [6.07, 6.45) is 3.48. The maximum atomic E-state index is 5.65. The van der Waals surface area contributed by atoms with Gasteiger partial charge in [0.15, 0.2) is 0 Å². The van der Waals surface area contributed by atoms with Crippen LogP contribution >= 0.6 is 0 Å². The van der Waals surface area contributed by atoms with Gasteiger partial charge in [-0.3, -0.25) is 4.98 Å². The average molecular weight is 260 g/mol. The fourth-order valence-electron chi connectivity index (χ4n) is 2.98. The van der Waals surface area contributed by atoms with E-state index < -0.39 is 0 Å². The van der Waals surface area contributed by atoms with Gasteiger partial charge in [0.1, 0.15) is 0 Å². The van der Waals surface area contributed by atoms with Crippen molar-refractivity contribution in [2.24, 2.45) is 0 Å². The van der Waals surface area contributed by atoms with Crippen molar-refractivity contribution >= 4 is 0 Å². The van der Waals surface area contributed by atoms with Crippen molar-refractivity contribution < 1.29 is 4.74 Å². The standard InChI is InChI=1S/C16H24N2O/c1-16(2,3)14-9-11-6-8-19-10-12(11)15(18-14)13-5-4-7-17-13/h9,13,17H,4-8,10H2,1-3H3. The zero-order valence-corrected chi connectivity index (χ0v) is 12.3. The summed E-state index contributed by atoms with van der Waals surface area (Å²) in [4.78, 5) is 5.00. The van der Waals surface area contributed by atoms with Crippen molar-refractivity contribution in [1.29, 1.82) is 0 Å². The largest absolute Gasteiger partial charge is 0.376 e. The normalized spacial score (nSPS) is 23.4. The molecule has 1 atom stereocenters. The molecule has 1 unspecified atom stereocenters. The van der Waals surface area contributed by atoms with Gasteiger partial charge in [-0.05, 0) is 37.4 Å². The van der Waals surface area contributed by atoms with E-state index in [1.54, 1.807) is 0 Å². The zero-order valence-electron chi connectivity index (χ0n) is 12.3. The predicted octanol–water partition coefficient (Wildman–Crippen LogP) is 2.88. The van der Waals surface area contributed by atoms with Gasteiger partial charge in [0, 0.05) is 22.7 Å². The highest BCUT2D eigenvalue weighted by Gasteiger charge is 2.27. The molecule has 1 saturated heterocycles. The number of nitrogens with one attached hydrogen (secondary N) is 1. The Morgan fingerprint density at radius 3 is 2.89 bits per heavy atom. The number of aromatic nitrogens is 1. The van der Waals surface area contributed by atoms with Gasteiger partial charge >= 0.3 is 0 Å². The molecular formula is C16H24N2O. The molecular weight excluding hydrogens is 236 g/mol. The van der Waals surface area contributed by atoms with Crippen LogP contribution in [0, 0.1) is 0 Å². The van der Waals surface area contributed by atoms with Gasteiger partial charge < -0.3 is 10.1 Å². The second-order valence-corrected chi connectivity index (χ2v) is 6.73. The van der Waals surface area contributed by atoms with Gasteiger partial charge in [0.2, 0.25) is 0 Å². The topological polar surface area (TPSA) is 34.2 Å². The third kappa shape index (κ3) is 2.54. The second-order valence-electron chi connectivity index (χ2n) is 6.73. The van der Waals surface area contributed by atoms with Gasteiger partial charge in [-0.15, -0.1) is 0 Å². The van der Waals surface area contributed by atoms with Crippen LogP contribution in [0.4, 0.5) is 0 Å². The SMILES string of the molecule is CC(C)(C)c1cc2c(c(C3CCCN3)n1)COCC2. The maximum absolute atomic E-state index is 5.65. The molecule has 0 radical (unpaired) electrons. The lowest BCUT2D eigenvalue weighted by Gasteiger charge is -2.27. The zero-order chi connectivity index (χ0) is 13.5. The molecule has 104 valence electrons. The number of hydrogen-bond acceptors (Lipinski definition) is 3. The quantitative estimate of drug-likeness (QED) is 0.843. The van der Waals surface area contributed by atoms with Crippen LogP contribution in [0.1, 0.15) is 62.2 Å². The molecule has 0 bridgehead atoms. The minimum atomic E-state index is 0.112. The highest BCUT2D eigenvalue weighted by molar-refractivity contribution is 5.37. The van der Waals surface area contributed by atoms with E-state index in [0.29, 0.717) is 6.04 Å². The minimum absolute atomic E-state index is 0.112. The lowest BCUT2D eigenvalue weighted by molar-refractivity contribution is 0.109. The number of nitrogens with zero attached hydrogens (tertiary/aromatic N) is 1. The Kier molecular flexibility index (Phi) is 3.35. The molecule has 0 aliphatic carbocycles. The monoisotopic (exact) mass is 260 g/mol. The summed E-state index contributed by atoms with van der Waals surface area (Å²) in [5.41, 5.74) is 5.38. The molecule has 3 heterocycles. The molecule has 3 rings (SSSR count). The molecule has 1 aromatic rings. The number of pyridine rings is 1. The van der Waals surface area contributed by atoms with Crippen LogP contribution in [0.15, 0.2) is 6.07 Å². The first kappa shape index (κ1) is 13.1. The van der Waals surface area contributed by atoms with Crippen LogP contribution < -0.4 is 5.32 Å². The van der Waals surface area contributed by atoms with Crippen molar-refractivity contribution in [1.82, 2.24) is 10.3 Å². The summed E-state index contributed by atoms with van der Waals surface area (Å²) in [5, 5.41) is 3.58. The second kappa shape index (κ2) is 4.88. The highest BCUT2D eigenvalue weighted by Crippen LogP contribution is 2.32. The Morgan fingerprint density at radius 2 is 2.21 bits per heavy atom. The molecule has 0 saturated carbocycles. The van der Waals surface area contributed by atoms with Crippen LogP contribution in [-0.2, 0) is 23.2 Å². The van der Waals surface area contributed by atoms with E-state index in [1.807, 2.05) is 0 Å². The van der Waals surface area contributed by atoms with Gasteiger partial charge in [-0.2, -0.15) is 0 Å². The lowest BCUT2D eigenvalue weighted by atomic mass is 9.87. The lowest BCUT2D eigenvalue weighted by Crippen LogP contribution is -2.24. The van der Waals surface area contributed by atoms with Crippen molar-refractivity contribution in [2.45, 2.75) is 58.1 Å². The van der Waals surface area contributed by atoms with Crippen molar-refractivity contribution in [2.75, 3.05) is 13.2 Å². The van der Waals surface area contributed by atoms with E-state index in [0.717, 1.165) is 26.2 Å². The molecule has 3 nitrogen and oxygen atoms in total. The molecule has 0 aromatic carbocycles. The summed E-state index contributed by atoms with van der Waals surface area (Å²) in [6.45, 7) is 9.42. The molecule has 2 aliphatic heterocycles. The van der Waals surface area contributed by atoms with E-state index in [4.69, 9.17) is 9.72 Å². The molecule has 1 aromatic heterocycles. The van der Waals surface area contributed by atoms with Gasteiger partial charge in [-0.1, -0.05) is 20.8 Å². The first-order valence-corrected chi connectivity index (χ1v) is 7.40. The smallest absolute Gasteiger partial charge is 0.0738 e. The molecule has 2 aliphatic rings. The predicted molar refractivity (Wildman–Crippen MR) is 76.3 cm³/mol. The van der Waals surface area contributed by atoms with Crippen LogP contribution in [0.25, 0.3) is 0 Å². The summed E-state index contributed by atoms with van der Waals surface area (Å²) in [5.74, 6) is 0. The Balaban J connectivity index is 2.08. The van der Waals surface area contributed by atoms with Crippen LogP contribution in [0.3, 0.4) is 0 Å². The molecule has 0 amide bonds. The van der Waals surface area contributed by atoms with E-state index in [9.17, 15) is 0 Å². The van der Waals surface area contributed by atoms with Crippen LogP contribution in [0.2, 0.25) is 0 Å². The molecule has 0 spiro atoms. The van der Waals surface area contributed by atoms with Gasteiger partial charge in [0.25, 0.3) is 0 Å². The number of ether oxygens (including phenoxy) is 1. The summed E-state index contributed by atoms with van der Waals surface area (Å²) in [7, 11) is 0. The molecule has 3 heteroatoms. The first-order chi connectivity index (χ1) is 9.05. The number of fused-ring (bicyclic) bond motifs is 1. The highest BCUT2D eigenvalue weighted by atomic mass is 16.5. The van der Waals surface area contributed by atoms with Crippen LogP contribution in [-0.4, -0.2) is 18.1 Å². The number of rotatable bonds is 1. The third-order valence-electron chi connectivity index (χ3n) is 4.17.